The lowest BCUT2D eigenvalue weighted by molar-refractivity contribution is -0.128. The van der Waals surface area contributed by atoms with Crippen molar-refractivity contribution in [1.82, 2.24) is 4.90 Å². The fourth-order valence-corrected chi connectivity index (χ4v) is 4.04. The van der Waals surface area contributed by atoms with Crippen molar-refractivity contribution in [1.29, 1.82) is 0 Å². The van der Waals surface area contributed by atoms with Gasteiger partial charge in [-0.1, -0.05) is 36.9 Å². The molecular formula is C21H22FN3O2S. The topological polar surface area (TPSA) is 61.8 Å². The molecule has 1 aliphatic rings. The van der Waals surface area contributed by atoms with Crippen molar-refractivity contribution in [2.45, 2.75) is 31.9 Å². The minimum atomic E-state index is -0.519. The minimum Gasteiger partial charge on any atom is -0.326 e. The second kappa shape index (κ2) is 9.01. The molecule has 2 aromatic carbocycles. The molecule has 1 fully saturated rings. The number of halogens is 1. The van der Waals surface area contributed by atoms with Crippen LogP contribution in [-0.4, -0.2) is 33.7 Å². The first kappa shape index (κ1) is 20.1. The largest absolute Gasteiger partial charge is 0.326 e. The first-order valence-electron chi connectivity index (χ1n) is 9.15. The van der Waals surface area contributed by atoms with Crippen LogP contribution < -0.4 is 5.32 Å². The molecule has 1 aliphatic heterocycles. The Bertz CT molecular complexity index is 899. The van der Waals surface area contributed by atoms with E-state index in [1.807, 2.05) is 38.1 Å². The Kier molecular flexibility index (Phi) is 6.46. The monoisotopic (exact) mass is 399 g/mol. The second-order valence-corrected chi connectivity index (χ2v) is 7.71. The number of carbonyl (C=O) groups is 2. The van der Waals surface area contributed by atoms with Crippen molar-refractivity contribution in [2.24, 2.45) is 4.99 Å². The third kappa shape index (κ3) is 4.78. The average molecular weight is 399 g/mol. The van der Waals surface area contributed by atoms with E-state index in [0.29, 0.717) is 17.4 Å². The van der Waals surface area contributed by atoms with E-state index in [9.17, 15) is 14.0 Å². The summed E-state index contributed by atoms with van der Waals surface area (Å²) in [4.78, 5) is 31.5. The number of hydrogen-bond acceptors (Lipinski definition) is 4. The zero-order chi connectivity index (χ0) is 20.1. The van der Waals surface area contributed by atoms with Crippen LogP contribution in [0.15, 0.2) is 53.5 Å². The number of nitrogens with one attached hydrogen (secondary N) is 1. The van der Waals surface area contributed by atoms with Crippen LogP contribution in [0.5, 0.6) is 0 Å². The number of rotatable bonds is 6. The molecule has 1 saturated heterocycles. The molecule has 1 heterocycles. The van der Waals surface area contributed by atoms with E-state index in [2.05, 4.69) is 10.3 Å². The number of hydrogen-bond donors (Lipinski definition) is 1. The number of aliphatic imine (C=N–C) groups is 1. The number of nitrogens with zero attached hydrogens (tertiary/aromatic N) is 2. The number of carbonyl (C=O) groups excluding carboxylic acids is 2. The van der Waals surface area contributed by atoms with E-state index in [4.69, 9.17) is 0 Å². The molecule has 0 unspecified atom stereocenters. The van der Waals surface area contributed by atoms with Crippen molar-refractivity contribution in [3.05, 3.63) is 59.9 Å². The molecule has 0 radical (unpaired) electrons. The molecule has 28 heavy (non-hydrogen) atoms. The molecule has 0 aliphatic carbocycles. The van der Waals surface area contributed by atoms with Crippen LogP contribution in [0.3, 0.4) is 0 Å². The van der Waals surface area contributed by atoms with Crippen molar-refractivity contribution < 1.29 is 14.0 Å². The summed E-state index contributed by atoms with van der Waals surface area (Å²) in [6.07, 6.45) is 0.835. The zero-order valence-electron chi connectivity index (χ0n) is 15.8. The lowest BCUT2D eigenvalue weighted by Gasteiger charge is -2.15. The molecular weight excluding hydrogens is 377 g/mol. The van der Waals surface area contributed by atoms with Crippen LogP contribution in [0.1, 0.15) is 25.3 Å². The first-order chi connectivity index (χ1) is 13.5. The Morgan fingerprint density at radius 1 is 1.21 bits per heavy atom. The number of amides is 2. The van der Waals surface area contributed by atoms with E-state index in [1.165, 1.54) is 36.0 Å². The Morgan fingerprint density at radius 3 is 2.61 bits per heavy atom. The summed E-state index contributed by atoms with van der Waals surface area (Å²) >= 11 is 1.32. The second-order valence-electron chi connectivity index (χ2n) is 6.54. The van der Waals surface area contributed by atoms with Crippen LogP contribution in [0, 0.1) is 12.7 Å². The summed E-state index contributed by atoms with van der Waals surface area (Å²) in [5, 5.41) is 2.81. The van der Waals surface area contributed by atoms with Gasteiger partial charge in [-0.3, -0.25) is 14.5 Å². The predicted molar refractivity (Wildman–Crippen MR) is 111 cm³/mol. The van der Waals surface area contributed by atoms with E-state index in [0.717, 1.165) is 17.7 Å². The molecule has 1 atom stereocenters. The molecule has 1 N–H and O–H groups in total. The fraction of sp³-hybridized carbons (Fsp3) is 0.286. The van der Waals surface area contributed by atoms with Gasteiger partial charge in [0.15, 0.2) is 5.17 Å². The molecule has 7 heteroatoms. The molecule has 2 aromatic rings. The SMILES string of the molecule is CCCN1C(=O)[C@H](CC(=O)Nc2ccc(F)cc2)SC1=Nc1ccccc1C. The average Bonchev–Trinajstić information content (AvgIpc) is 2.94. The van der Waals surface area contributed by atoms with Gasteiger partial charge in [-0.05, 0) is 49.2 Å². The quantitative estimate of drug-likeness (QED) is 0.778. The molecule has 2 amide bonds. The Morgan fingerprint density at radius 2 is 1.93 bits per heavy atom. The van der Waals surface area contributed by atoms with Gasteiger partial charge < -0.3 is 5.32 Å². The maximum Gasteiger partial charge on any atom is 0.242 e. The molecule has 3 rings (SSSR count). The Hall–Kier alpha value is -2.67. The number of amidine groups is 1. The van der Waals surface area contributed by atoms with Gasteiger partial charge in [0.25, 0.3) is 0 Å². The number of para-hydroxylation sites is 1. The van der Waals surface area contributed by atoms with E-state index in [1.54, 1.807) is 4.90 Å². The van der Waals surface area contributed by atoms with E-state index in [-0.39, 0.29) is 24.1 Å². The summed E-state index contributed by atoms with van der Waals surface area (Å²) < 4.78 is 13.0. The van der Waals surface area contributed by atoms with Gasteiger partial charge in [0.05, 0.1) is 5.69 Å². The van der Waals surface area contributed by atoms with Crippen LogP contribution in [0.2, 0.25) is 0 Å². The van der Waals surface area contributed by atoms with Crippen molar-refractivity contribution >= 4 is 40.1 Å². The summed E-state index contributed by atoms with van der Waals surface area (Å²) in [6.45, 7) is 4.53. The third-order valence-electron chi connectivity index (χ3n) is 4.30. The highest BCUT2D eigenvalue weighted by Gasteiger charge is 2.38. The molecule has 0 saturated carbocycles. The molecule has 0 spiro atoms. The summed E-state index contributed by atoms with van der Waals surface area (Å²) in [6, 6.07) is 13.3. The number of thioether (sulfide) groups is 1. The third-order valence-corrected chi connectivity index (χ3v) is 5.47. The Labute approximate surface area is 168 Å². The number of benzene rings is 2. The number of aryl methyl sites for hydroxylation is 1. The van der Waals surface area contributed by atoms with Crippen LogP contribution in [0.4, 0.5) is 15.8 Å². The highest BCUT2D eigenvalue weighted by molar-refractivity contribution is 8.15. The van der Waals surface area contributed by atoms with E-state index < -0.39 is 5.25 Å². The first-order valence-corrected chi connectivity index (χ1v) is 10.0. The lowest BCUT2D eigenvalue weighted by atomic mass is 10.2. The van der Waals surface area contributed by atoms with E-state index >= 15 is 0 Å². The maximum absolute atomic E-state index is 13.0. The molecule has 5 nitrogen and oxygen atoms in total. The van der Waals surface area contributed by atoms with Gasteiger partial charge in [-0.15, -0.1) is 0 Å². The molecule has 0 bridgehead atoms. The molecule has 146 valence electrons. The van der Waals surface area contributed by atoms with Crippen molar-refractivity contribution in [2.75, 3.05) is 11.9 Å². The summed E-state index contributed by atoms with van der Waals surface area (Å²) in [5.74, 6) is -0.758. The fourth-order valence-electron chi connectivity index (χ4n) is 2.86. The highest BCUT2D eigenvalue weighted by Crippen LogP contribution is 2.32. The maximum atomic E-state index is 13.0. The van der Waals surface area contributed by atoms with Gasteiger partial charge in [-0.25, -0.2) is 9.38 Å². The van der Waals surface area contributed by atoms with Gasteiger partial charge in [0.2, 0.25) is 11.8 Å². The van der Waals surface area contributed by atoms with Gasteiger partial charge in [-0.2, -0.15) is 0 Å². The van der Waals surface area contributed by atoms with Crippen molar-refractivity contribution in [3.63, 3.8) is 0 Å². The Balaban J connectivity index is 1.73. The minimum absolute atomic E-state index is 0.0356. The van der Waals surface area contributed by atoms with Crippen molar-refractivity contribution in [3.8, 4) is 0 Å². The normalized spacial score (nSPS) is 18.0. The van der Waals surface area contributed by atoms with Crippen LogP contribution >= 0.6 is 11.8 Å². The lowest BCUT2D eigenvalue weighted by Crippen LogP contribution is -2.34. The smallest absolute Gasteiger partial charge is 0.242 e. The van der Waals surface area contributed by atoms with Gasteiger partial charge in [0, 0.05) is 18.7 Å². The van der Waals surface area contributed by atoms with Gasteiger partial charge in [0.1, 0.15) is 11.1 Å². The van der Waals surface area contributed by atoms with Crippen LogP contribution in [-0.2, 0) is 9.59 Å². The number of anilines is 1. The predicted octanol–water partition coefficient (Wildman–Crippen LogP) is 4.50. The standard InChI is InChI=1S/C21H22FN3O2S/c1-3-12-25-20(27)18(13-19(26)23-16-10-8-15(22)9-11-16)28-21(25)24-17-7-5-4-6-14(17)2/h4-11,18H,3,12-13H2,1-2H3,(H,23,26)/t18-/m0/s1. The summed E-state index contributed by atoms with van der Waals surface area (Å²) in [7, 11) is 0. The zero-order valence-corrected chi connectivity index (χ0v) is 16.6. The molecule has 0 aromatic heterocycles. The van der Waals surface area contributed by atoms with Gasteiger partial charge >= 0.3 is 0 Å². The highest BCUT2D eigenvalue weighted by atomic mass is 32.2. The summed E-state index contributed by atoms with van der Waals surface area (Å²) in [5.41, 5.74) is 2.34. The van der Waals surface area contributed by atoms with Crippen LogP contribution in [0.25, 0.3) is 0 Å².